The van der Waals surface area contributed by atoms with E-state index < -0.39 is 6.10 Å². The third-order valence-corrected chi connectivity index (χ3v) is 2.87. The summed E-state index contributed by atoms with van der Waals surface area (Å²) in [5.41, 5.74) is 6.77. The van der Waals surface area contributed by atoms with Crippen molar-refractivity contribution in [2.24, 2.45) is 5.73 Å². The van der Waals surface area contributed by atoms with Gasteiger partial charge in [0.25, 0.3) is 0 Å². The first-order chi connectivity index (χ1) is 7.56. The maximum Gasteiger partial charge on any atom is 0.122 e. The number of nitrogens with two attached hydrogens (primary N) is 1. The minimum absolute atomic E-state index is 0.197. The van der Waals surface area contributed by atoms with Crippen LogP contribution in [0.4, 0.5) is 0 Å². The van der Waals surface area contributed by atoms with Gasteiger partial charge < -0.3 is 15.6 Å². The number of methoxy groups -OCH3 is 1. The molecule has 3 atom stereocenters. The molecule has 0 aliphatic carbocycles. The molecule has 0 spiro atoms. The third kappa shape index (κ3) is 3.22. The molecule has 1 aromatic carbocycles. The van der Waals surface area contributed by atoms with Crippen molar-refractivity contribution in [2.75, 3.05) is 7.11 Å². The van der Waals surface area contributed by atoms with Crippen molar-refractivity contribution in [2.45, 2.75) is 38.3 Å². The highest BCUT2D eigenvalue weighted by molar-refractivity contribution is 5.35. The molecular weight excluding hydrogens is 202 g/mol. The summed E-state index contributed by atoms with van der Waals surface area (Å²) in [5, 5.41) is 9.76. The van der Waals surface area contributed by atoms with Crippen molar-refractivity contribution in [3.63, 3.8) is 0 Å². The number of hydrogen-bond donors (Lipinski definition) is 2. The molecular formula is C13H21NO2. The lowest BCUT2D eigenvalue weighted by Gasteiger charge is -2.21. The van der Waals surface area contributed by atoms with Crippen LogP contribution in [0.3, 0.4) is 0 Å². The van der Waals surface area contributed by atoms with Gasteiger partial charge >= 0.3 is 0 Å². The Morgan fingerprint density at radius 2 is 1.94 bits per heavy atom. The number of rotatable bonds is 5. The van der Waals surface area contributed by atoms with E-state index in [0.29, 0.717) is 6.42 Å². The Morgan fingerprint density at radius 3 is 2.50 bits per heavy atom. The molecule has 0 aliphatic rings. The number of hydrogen-bond acceptors (Lipinski definition) is 3. The van der Waals surface area contributed by atoms with Gasteiger partial charge in [-0.25, -0.2) is 0 Å². The molecule has 0 saturated carbocycles. The van der Waals surface area contributed by atoms with E-state index in [1.54, 1.807) is 7.11 Å². The maximum atomic E-state index is 9.76. The van der Waals surface area contributed by atoms with E-state index in [-0.39, 0.29) is 12.0 Å². The molecule has 0 amide bonds. The van der Waals surface area contributed by atoms with Crippen LogP contribution >= 0.6 is 0 Å². The summed E-state index contributed by atoms with van der Waals surface area (Å²) < 4.78 is 5.30. The molecule has 3 nitrogen and oxygen atoms in total. The van der Waals surface area contributed by atoms with Gasteiger partial charge in [0.1, 0.15) is 5.75 Å². The minimum Gasteiger partial charge on any atom is -0.496 e. The highest BCUT2D eigenvalue weighted by Crippen LogP contribution is 2.29. The molecule has 3 N–H and O–H groups in total. The molecule has 0 radical (unpaired) electrons. The molecule has 90 valence electrons. The fourth-order valence-corrected chi connectivity index (χ4v) is 1.78. The highest BCUT2D eigenvalue weighted by Gasteiger charge is 2.17. The van der Waals surface area contributed by atoms with Gasteiger partial charge in [0.2, 0.25) is 0 Å². The first-order valence-corrected chi connectivity index (χ1v) is 5.62. The van der Waals surface area contributed by atoms with Gasteiger partial charge in [0.15, 0.2) is 0 Å². The zero-order valence-corrected chi connectivity index (χ0v) is 10.2. The van der Waals surface area contributed by atoms with Gasteiger partial charge in [0, 0.05) is 6.04 Å². The van der Waals surface area contributed by atoms with Crippen molar-refractivity contribution in [1.82, 2.24) is 0 Å². The second-order valence-corrected chi connectivity index (χ2v) is 4.31. The van der Waals surface area contributed by atoms with Gasteiger partial charge in [-0.15, -0.1) is 0 Å². The van der Waals surface area contributed by atoms with Crippen LogP contribution in [-0.4, -0.2) is 24.4 Å². The van der Waals surface area contributed by atoms with Crippen molar-refractivity contribution in [1.29, 1.82) is 0 Å². The Kier molecular flexibility index (Phi) is 4.77. The quantitative estimate of drug-likeness (QED) is 0.801. The third-order valence-electron chi connectivity index (χ3n) is 2.87. The fourth-order valence-electron chi connectivity index (χ4n) is 1.78. The molecule has 0 saturated heterocycles. The second kappa shape index (κ2) is 5.87. The molecule has 0 fully saturated rings. The summed E-state index contributed by atoms with van der Waals surface area (Å²) in [7, 11) is 1.66. The smallest absolute Gasteiger partial charge is 0.122 e. The van der Waals surface area contributed by atoms with E-state index in [4.69, 9.17) is 10.5 Å². The number of benzene rings is 1. The van der Waals surface area contributed by atoms with Gasteiger partial charge in [-0.2, -0.15) is 0 Å². The van der Waals surface area contributed by atoms with Crippen LogP contribution in [-0.2, 0) is 0 Å². The van der Waals surface area contributed by atoms with Gasteiger partial charge in [-0.3, -0.25) is 0 Å². The van der Waals surface area contributed by atoms with Crippen LogP contribution in [0, 0.1) is 0 Å². The van der Waals surface area contributed by atoms with Crippen molar-refractivity contribution in [3.05, 3.63) is 29.8 Å². The number of aliphatic hydroxyl groups excluding tert-OH is 1. The lowest BCUT2D eigenvalue weighted by Crippen LogP contribution is -2.32. The first kappa shape index (κ1) is 13.0. The molecule has 0 aliphatic heterocycles. The van der Waals surface area contributed by atoms with Gasteiger partial charge in [0.05, 0.1) is 13.2 Å². The Labute approximate surface area is 97.2 Å². The average Bonchev–Trinajstić information content (AvgIpc) is 2.28. The highest BCUT2D eigenvalue weighted by atomic mass is 16.5. The van der Waals surface area contributed by atoms with Crippen LogP contribution in [0.5, 0.6) is 5.75 Å². The lowest BCUT2D eigenvalue weighted by atomic mass is 9.92. The fraction of sp³-hybridized carbons (Fsp3) is 0.538. The topological polar surface area (TPSA) is 55.5 Å². The number of aliphatic hydroxyl groups is 1. The van der Waals surface area contributed by atoms with E-state index in [9.17, 15) is 5.11 Å². The Balaban J connectivity index is 2.76. The van der Waals surface area contributed by atoms with Crippen LogP contribution in [0.15, 0.2) is 24.3 Å². The standard InChI is InChI=1S/C13H21NO2/c1-9(8-12(15)10(2)14)11-6-4-5-7-13(11)16-3/h4-7,9-10,12,15H,8,14H2,1-3H3. The molecule has 3 unspecified atom stereocenters. The summed E-state index contributed by atoms with van der Waals surface area (Å²) in [5.74, 6) is 1.10. The Bertz CT molecular complexity index is 325. The molecule has 0 aromatic heterocycles. The van der Waals surface area contributed by atoms with Crippen LogP contribution in [0.1, 0.15) is 31.7 Å². The molecule has 0 bridgehead atoms. The summed E-state index contributed by atoms with van der Waals surface area (Å²) in [6.07, 6.45) is 0.179. The van der Waals surface area contributed by atoms with Gasteiger partial charge in [-0.05, 0) is 30.9 Å². The monoisotopic (exact) mass is 223 g/mol. The molecule has 0 heterocycles. The van der Waals surface area contributed by atoms with Crippen molar-refractivity contribution < 1.29 is 9.84 Å². The molecule has 1 rings (SSSR count). The van der Waals surface area contributed by atoms with E-state index in [2.05, 4.69) is 6.92 Å². The summed E-state index contributed by atoms with van der Waals surface area (Å²) in [4.78, 5) is 0. The predicted molar refractivity (Wildman–Crippen MR) is 65.7 cm³/mol. The van der Waals surface area contributed by atoms with E-state index in [1.165, 1.54) is 0 Å². The number of para-hydroxylation sites is 1. The first-order valence-electron chi connectivity index (χ1n) is 5.62. The molecule has 1 aromatic rings. The Morgan fingerprint density at radius 1 is 1.31 bits per heavy atom. The summed E-state index contributed by atoms with van der Waals surface area (Å²) in [6, 6.07) is 7.68. The average molecular weight is 223 g/mol. The summed E-state index contributed by atoms with van der Waals surface area (Å²) >= 11 is 0. The molecule has 3 heteroatoms. The van der Waals surface area contributed by atoms with Crippen LogP contribution < -0.4 is 10.5 Å². The van der Waals surface area contributed by atoms with E-state index in [0.717, 1.165) is 11.3 Å². The van der Waals surface area contributed by atoms with Crippen LogP contribution in [0.2, 0.25) is 0 Å². The number of ether oxygens (including phenoxy) is 1. The Hall–Kier alpha value is -1.06. The minimum atomic E-state index is -0.472. The maximum absolute atomic E-state index is 9.76. The van der Waals surface area contributed by atoms with Crippen molar-refractivity contribution in [3.8, 4) is 5.75 Å². The normalized spacial score (nSPS) is 16.6. The van der Waals surface area contributed by atoms with E-state index >= 15 is 0 Å². The lowest BCUT2D eigenvalue weighted by molar-refractivity contribution is 0.134. The zero-order chi connectivity index (χ0) is 12.1. The zero-order valence-electron chi connectivity index (χ0n) is 10.2. The SMILES string of the molecule is COc1ccccc1C(C)CC(O)C(C)N. The van der Waals surface area contributed by atoms with E-state index in [1.807, 2.05) is 31.2 Å². The van der Waals surface area contributed by atoms with Gasteiger partial charge in [-0.1, -0.05) is 25.1 Å². The largest absolute Gasteiger partial charge is 0.496 e. The predicted octanol–water partition coefficient (Wildman–Crippen LogP) is 1.90. The van der Waals surface area contributed by atoms with Crippen LogP contribution in [0.25, 0.3) is 0 Å². The second-order valence-electron chi connectivity index (χ2n) is 4.31. The molecule has 16 heavy (non-hydrogen) atoms. The summed E-state index contributed by atoms with van der Waals surface area (Å²) in [6.45, 7) is 3.89. The van der Waals surface area contributed by atoms with Crippen molar-refractivity contribution >= 4 is 0 Å².